The van der Waals surface area contributed by atoms with Crippen LogP contribution in [-0.2, 0) is 11.8 Å². The van der Waals surface area contributed by atoms with E-state index in [0.717, 1.165) is 16.7 Å². The van der Waals surface area contributed by atoms with E-state index in [2.05, 4.69) is 10.2 Å². The molecule has 5 nitrogen and oxygen atoms in total. The number of anilines is 1. The second kappa shape index (κ2) is 6.12. The summed E-state index contributed by atoms with van der Waals surface area (Å²) < 4.78 is 2.02. The van der Waals surface area contributed by atoms with E-state index in [4.69, 9.17) is 0 Å². The van der Waals surface area contributed by atoms with Gasteiger partial charge in [0.05, 0.1) is 5.25 Å². The van der Waals surface area contributed by atoms with Crippen LogP contribution in [0.1, 0.15) is 31.5 Å². The van der Waals surface area contributed by atoms with Crippen molar-refractivity contribution in [2.45, 2.75) is 36.1 Å². The van der Waals surface area contributed by atoms with Crippen LogP contribution in [0.3, 0.4) is 0 Å². The minimum atomic E-state index is -0.208. The molecule has 0 bridgehead atoms. The summed E-state index contributed by atoms with van der Waals surface area (Å²) >= 11 is 1.47. The fraction of sp³-hybridized carbons (Fsp3) is 0.438. The van der Waals surface area contributed by atoms with Crippen molar-refractivity contribution in [2.24, 2.45) is 7.05 Å². The third-order valence-corrected chi connectivity index (χ3v) is 5.04. The Morgan fingerprint density at radius 1 is 1.32 bits per heavy atom. The lowest BCUT2D eigenvalue weighted by Gasteiger charge is -2.20. The van der Waals surface area contributed by atoms with Crippen LogP contribution in [0.4, 0.5) is 5.69 Å². The van der Waals surface area contributed by atoms with Crippen LogP contribution in [-0.4, -0.2) is 33.0 Å². The maximum absolute atomic E-state index is 12.6. The minimum Gasteiger partial charge on any atom is -0.315 e. The van der Waals surface area contributed by atoms with E-state index in [0.29, 0.717) is 5.92 Å². The van der Waals surface area contributed by atoms with Gasteiger partial charge < -0.3 is 9.47 Å². The largest absolute Gasteiger partial charge is 0.315 e. The quantitative estimate of drug-likeness (QED) is 0.796. The molecule has 0 unspecified atom stereocenters. The molecule has 1 amide bonds. The fourth-order valence-electron chi connectivity index (χ4n) is 2.39. The first-order chi connectivity index (χ1) is 10.6. The molecule has 1 saturated carbocycles. The predicted molar refractivity (Wildman–Crippen MR) is 88.1 cm³/mol. The van der Waals surface area contributed by atoms with Gasteiger partial charge in [0, 0.05) is 25.7 Å². The smallest absolute Gasteiger partial charge is 0.240 e. The van der Waals surface area contributed by atoms with Gasteiger partial charge in [-0.05, 0) is 31.9 Å². The molecule has 1 heterocycles. The number of rotatable bonds is 5. The molecule has 0 saturated heterocycles. The molecule has 2 aromatic rings. The highest BCUT2D eigenvalue weighted by Gasteiger charge is 2.30. The van der Waals surface area contributed by atoms with Crippen LogP contribution in [0.15, 0.2) is 35.5 Å². The Morgan fingerprint density at radius 3 is 2.64 bits per heavy atom. The Balaban J connectivity index is 1.68. The number of benzene rings is 1. The van der Waals surface area contributed by atoms with E-state index in [9.17, 15) is 4.79 Å². The molecule has 1 aliphatic carbocycles. The first kappa shape index (κ1) is 15.1. The van der Waals surface area contributed by atoms with E-state index in [1.165, 1.54) is 24.6 Å². The molecule has 1 fully saturated rings. The third kappa shape index (κ3) is 3.02. The lowest BCUT2D eigenvalue weighted by Crippen LogP contribution is -2.33. The number of hydrogen-bond acceptors (Lipinski definition) is 4. The molecular formula is C16H20N4OS. The zero-order chi connectivity index (χ0) is 15.7. The van der Waals surface area contributed by atoms with Gasteiger partial charge in [0.15, 0.2) is 5.16 Å². The van der Waals surface area contributed by atoms with E-state index >= 15 is 0 Å². The molecule has 22 heavy (non-hydrogen) atoms. The van der Waals surface area contributed by atoms with Gasteiger partial charge in [-0.3, -0.25) is 4.79 Å². The van der Waals surface area contributed by atoms with Gasteiger partial charge in [-0.2, -0.15) is 0 Å². The van der Waals surface area contributed by atoms with Gasteiger partial charge in [-0.25, -0.2) is 0 Å². The molecule has 116 valence electrons. The Bertz CT molecular complexity index is 666. The summed E-state index contributed by atoms with van der Waals surface area (Å²) in [6, 6.07) is 9.67. The van der Waals surface area contributed by atoms with Gasteiger partial charge in [0.25, 0.3) is 0 Å². The second-order valence-electron chi connectivity index (χ2n) is 5.67. The van der Waals surface area contributed by atoms with Crippen molar-refractivity contribution in [3.63, 3.8) is 0 Å². The van der Waals surface area contributed by atoms with Gasteiger partial charge >= 0.3 is 0 Å². The summed E-state index contributed by atoms with van der Waals surface area (Å²) in [5.41, 5.74) is 0.900. The van der Waals surface area contributed by atoms with Gasteiger partial charge in [0.1, 0.15) is 5.82 Å². The zero-order valence-electron chi connectivity index (χ0n) is 13.1. The number of carbonyl (C=O) groups excluding carboxylic acids is 1. The maximum Gasteiger partial charge on any atom is 0.240 e. The lowest BCUT2D eigenvalue weighted by atomic mass is 10.3. The van der Waals surface area contributed by atoms with E-state index in [1.807, 2.05) is 48.9 Å². The molecule has 1 aromatic heterocycles. The van der Waals surface area contributed by atoms with Crippen LogP contribution < -0.4 is 4.90 Å². The second-order valence-corrected chi connectivity index (χ2v) is 6.97. The third-order valence-electron chi connectivity index (χ3n) is 3.92. The van der Waals surface area contributed by atoms with Crippen LogP contribution in [0.5, 0.6) is 0 Å². The van der Waals surface area contributed by atoms with E-state index in [1.54, 1.807) is 11.9 Å². The fourth-order valence-corrected chi connectivity index (χ4v) is 3.30. The first-order valence-electron chi connectivity index (χ1n) is 7.46. The Kier molecular flexibility index (Phi) is 4.20. The van der Waals surface area contributed by atoms with Crippen LogP contribution >= 0.6 is 11.8 Å². The van der Waals surface area contributed by atoms with Crippen molar-refractivity contribution >= 4 is 23.4 Å². The summed E-state index contributed by atoms with van der Waals surface area (Å²) in [6.07, 6.45) is 2.39. The number of amides is 1. The van der Waals surface area contributed by atoms with Crippen LogP contribution in [0.2, 0.25) is 0 Å². The topological polar surface area (TPSA) is 51.0 Å². The number of hydrogen-bond donors (Lipinski definition) is 0. The van der Waals surface area contributed by atoms with Crippen molar-refractivity contribution in [1.29, 1.82) is 0 Å². The Hall–Kier alpha value is -1.82. The minimum absolute atomic E-state index is 0.0622. The zero-order valence-corrected chi connectivity index (χ0v) is 13.9. The monoisotopic (exact) mass is 316 g/mol. The van der Waals surface area contributed by atoms with Crippen molar-refractivity contribution < 1.29 is 4.79 Å². The van der Waals surface area contributed by atoms with E-state index < -0.39 is 0 Å². The average molecular weight is 316 g/mol. The molecule has 1 atom stereocenters. The molecule has 0 spiro atoms. The summed E-state index contributed by atoms with van der Waals surface area (Å²) in [6.45, 7) is 1.91. The Morgan fingerprint density at radius 2 is 2.00 bits per heavy atom. The van der Waals surface area contributed by atoms with Crippen LogP contribution in [0, 0.1) is 0 Å². The number of aromatic nitrogens is 3. The summed E-state index contributed by atoms with van der Waals surface area (Å²) in [4.78, 5) is 14.3. The number of carbonyl (C=O) groups is 1. The van der Waals surface area contributed by atoms with Crippen LogP contribution in [0.25, 0.3) is 0 Å². The number of nitrogens with zero attached hydrogens (tertiary/aromatic N) is 4. The number of thioether (sulfide) groups is 1. The highest BCUT2D eigenvalue weighted by atomic mass is 32.2. The number of para-hydroxylation sites is 1. The molecule has 0 aliphatic heterocycles. The average Bonchev–Trinajstić information content (AvgIpc) is 3.32. The predicted octanol–water partition coefficient (Wildman–Crippen LogP) is 2.84. The summed E-state index contributed by atoms with van der Waals surface area (Å²) in [5.74, 6) is 1.66. The summed E-state index contributed by atoms with van der Waals surface area (Å²) in [5, 5.41) is 9.10. The van der Waals surface area contributed by atoms with Gasteiger partial charge in [0.2, 0.25) is 5.91 Å². The molecule has 0 radical (unpaired) electrons. The summed E-state index contributed by atoms with van der Waals surface area (Å²) in [7, 11) is 3.79. The van der Waals surface area contributed by atoms with Crippen molar-refractivity contribution in [1.82, 2.24) is 14.8 Å². The highest BCUT2D eigenvalue weighted by molar-refractivity contribution is 8.00. The molecule has 0 N–H and O–H groups in total. The van der Waals surface area contributed by atoms with Gasteiger partial charge in [-0.15, -0.1) is 10.2 Å². The molecular weight excluding hydrogens is 296 g/mol. The molecule has 6 heteroatoms. The highest BCUT2D eigenvalue weighted by Crippen LogP contribution is 2.39. The molecule has 1 aliphatic rings. The Labute approximate surface area is 134 Å². The molecule has 3 rings (SSSR count). The van der Waals surface area contributed by atoms with Crippen molar-refractivity contribution in [3.8, 4) is 0 Å². The SMILES string of the molecule is C[C@@H](Sc1nnc(C2CC2)n1C)C(=O)N(C)c1ccccc1. The van der Waals surface area contributed by atoms with Crippen molar-refractivity contribution in [3.05, 3.63) is 36.2 Å². The molecule has 1 aromatic carbocycles. The van der Waals surface area contributed by atoms with Crippen molar-refractivity contribution in [2.75, 3.05) is 11.9 Å². The standard InChI is InChI=1S/C16H20N4OS/c1-11(15(21)19(2)13-7-5-4-6-8-13)22-16-18-17-14(20(16)3)12-9-10-12/h4-8,11-12H,9-10H2,1-3H3/t11-/m1/s1. The maximum atomic E-state index is 12.6. The first-order valence-corrected chi connectivity index (χ1v) is 8.34. The lowest BCUT2D eigenvalue weighted by molar-refractivity contribution is -0.117. The van der Waals surface area contributed by atoms with Gasteiger partial charge in [-0.1, -0.05) is 30.0 Å². The normalized spacial score (nSPS) is 15.6. The van der Waals surface area contributed by atoms with E-state index in [-0.39, 0.29) is 11.2 Å².